The Kier molecular flexibility index (Phi) is 17.5. The molecule has 14 heteroatoms. The van der Waals surface area contributed by atoms with E-state index in [-0.39, 0.29) is 31.3 Å². The normalized spacial score (nSPS) is 13.1. The fraction of sp³-hybridized carbons (Fsp3) is 0.333. The van der Waals surface area contributed by atoms with Crippen molar-refractivity contribution in [3.63, 3.8) is 0 Å². The third-order valence-electron chi connectivity index (χ3n) is 11.1. The SMILES string of the molecule is CC(C)C[C@H](NC(=O)[C@H](Cc1ccccc1)NC(=O)CNC(=O)CNC(=O)[C@H](Cc1ccc(OCc2ccccc2)cc1)NC(=O)OCC1c2ccccc2-c2ccccc21)C(=O)OC(C)(C)C. The topological polar surface area (TPSA) is 190 Å². The van der Waals surface area contributed by atoms with E-state index in [2.05, 4.69) is 26.6 Å². The van der Waals surface area contributed by atoms with Gasteiger partial charge in [0, 0.05) is 18.8 Å². The second kappa shape index (κ2) is 23.8. The molecule has 1 aliphatic carbocycles. The summed E-state index contributed by atoms with van der Waals surface area (Å²) in [6, 6.07) is 38.6. The summed E-state index contributed by atoms with van der Waals surface area (Å²) < 4.78 is 17.3. The van der Waals surface area contributed by atoms with Crippen LogP contribution < -0.4 is 31.3 Å². The molecule has 3 atom stereocenters. The highest BCUT2D eigenvalue weighted by Crippen LogP contribution is 2.44. The molecule has 356 valence electrons. The highest BCUT2D eigenvalue weighted by molar-refractivity contribution is 5.94. The number of rotatable bonds is 21. The molecule has 5 aromatic rings. The first-order chi connectivity index (χ1) is 32.6. The predicted molar refractivity (Wildman–Crippen MR) is 258 cm³/mol. The average Bonchev–Trinajstić information content (AvgIpc) is 3.64. The van der Waals surface area contributed by atoms with Gasteiger partial charge in [0.25, 0.3) is 0 Å². The molecular weight excluding hydrogens is 863 g/mol. The molecule has 0 saturated heterocycles. The number of esters is 1. The van der Waals surface area contributed by atoms with Crippen molar-refractivity contribution in [1.29, 1.82) is 0 Å². The van der Waals surface area contributed by atoms with E-state index in [1.165, 1.54) is 0 Å². The molecule has 0 aromatic heterocycles. The van der Waals surface area contributed by atoms with Gasteiger partial charge in [0.2, 0.25) is 23.6 Å². The molecule has 5 N–H and O–H groups in total. The molecule has 0 unspecified atom stereocenters. The van der Waals surface area contributed by atoms with Crippen molar-refractivity contribution in [2.45, 2.75) is 90.1 Å². The molecule has 5 aromatic carbocycles. The number of nitrogens with one attached hydrogen (secondary N) is 5. The number of alkyl carbamates (subject to hydrolysis) is 1. The van der Waals surface area contributed by atoms with Crippen LogP contribution in [0.4, 0.5) is 4.79 Å². The maximum atomic E-state index is 13.8. The Hall–Kier alpha value is -7.48. The summed E-state index contributed by atoms with van der Waals surface area (Å²) in [6.07, 6.45) is -0.346. The molecule has 1 aliphatic rings. The lowest BCUT2D eigenvalue weighted by Gasteiger charge is -2.27. The lowest BCUT2D eigenvalue weighted by Crippen LogP contribution is -2.55. The Morgan fingerprint density at radius 2 is 1.09 bits per heavy atom. The van der Waals surface area contributed by atoms with Gasteiger partial charge in [-0.05, 0) is 84.2 Å². The lowest BCUT2D eigenvalue weighted by atomic mass is 9.98. The molecule has 0 aliphatic heterocycles. The van der Waals surface area contributed by atoms with Crippen LogP contribution in [0.15, 0.2) is 133 Å². The van der Waals surface area contributed by atoms with E-state index in [4.69, 9.17) is 14.2 Å². The van der Waals surface area contributed by atoms with Crippen LogP contribution in [0, 0.1) is 5.92 Å². The number of benzene rings is 5. The Morgan fingerprint density at radius 1 is 0.559 bits per heavy atom. The summed E-state index contributed by atoms with van der Waals surface area (Å²) in [6.45, 7) is 8.41. The zero-order valence-electron chi connectivity index (χ0n) is 39.2. The largest absolute Gasteiger partial charge is 0.489 e. The highest BCUT2D eigenvalue weighted by Gasteiger charge is 2.32. The van der Waals surface area contributed by atoms with E-state index in [0.717, 1.165) is 33.4 Å². The van der Waals surface area contributed by atoms with Gasteiger partial charge in [-0.1, -0.05) is 135 Å². The number of ether oxygens (including phenoxy) is 3. The quantitative estimate of drug-likeness (QED) is 0.0509. The fourth-order valence-corrected chi connectivity index (χ4v) is 7.86. The molecule has 6 rings (SSSR count). The van der Waals surface area contributed by atoms with Crippen molar-refractivity contribution >= 4 is 35.7 Å². The zero-order chi connectivity index (χ0) is 48.6. The van der Waals surface area contributed by atoms with Gasteiger partial charge in [0.05, 0.1) is 13.1 Å². The van der Waals surface area contributed by atoms with Crippen LogP contribution in [0.5, 0.6) is 5.75 Å². The summed E-state index contributed by atoms with van der Waals surface area (Å²) in [5, 5.41) is 13.2. The molecule has 0 fully saturated rings. The van der Waals surface area contributed by atoms with Crippen molar-refractivity contribution in [2.24, 2.45) is 5.92 Å². The van der Waals surface area contributed by atoms with Crippen LogP contribution in [0.25, 0.3) is 11.1 Å². The fourth-order valence-electron chi connectivity index (χ4n) is 7.86. The van der Waals surface area contributed by atoms with Gasteiger partial charge in [0.15, 0.2) is 0 Å². The van der Waals surface area contributed by atoms with E-state index in [9.17, 15) is 28.8 Å². The van der Waals surface area contributed by atoms with E-state index < -0.39 is 72.5 Å². The van der Waals surface area contributed by atoms with Crippen LogP contribution in [0.1, 0.15) is 74.8 Å². The van der Waals surface area contributed by atoms with E-state index in [0.29, 0.717) is 24.3 Å². The van der Waals surface area contributed by atoms with E-state index in [1.54, 1.807) is 57.2 Å². The second-order valence-corrected chi connectivity index (χ2v) is 18.2. The van der Waals surface area contributed by atoms with Crippen LogP contribution in [-0.4, -0.2) is 79.1 Å². The van der Waals surface area contributed by atoms with Crippen molar-refractivity contribution in [3.05, 3.63) is 161 Å². The third kappa shape index (κ3) is 15.0. The molecule has 68 heavy (non-hydrogen) atoms. The maximum absolute atomic E-state index is 13.8. The average molecular weight is 924 g/mol. The Labute approximate surface area is 397 Å². The van der Waals surface area contributed by atoms with Gasteiger partial charge >= 0.3 is 12.1 Å². The lowest BCUT2D eigenvalue weighted by molar-refractivity contribution is -0.159. The van der Waals surface area contributed by atoms with Crippen molar-refractivity contribution in [1.82, 2.24) is 26.6 Å². The molecule has 0 bridgehead atoms. The zero-order valence-corrected chi connectivity index (χ0v) is 39.2. The summed E-state index contributed by atoms with van der Waals surface area (Å²) >= 11 is 0. The van der Waals surface area contributed by atoms with E-state index in [1.807, 2.05) is 111 Å². The summed E-state index contributed by atoms with van der Waals surface area (Å²) in [5.41, 5.74) is 5.90. The molecule has 14 nitrogen and oxygen atoms in total. The Balaban J connectivity index is 1.07. The standard InChI is InChI=1S/C54H61N5O9/c1-35(2)28-47(52(64)68-54(3,4)5)58-51(63)46(29-36-16-8-6-9-17-36)57-49(61)32-55-48(60)31-56-50(62)45(30-37-24-26-39(27-25-37)66-33-38-18-10-7-11-19-38)59-53(65)67-34-44-42-22-14-12-20-40(42)41-21-13-15-23-43(41)44/h6-27,35,44-47H,28-34H2,1-5H3,(H,55,60)(H,56,62)(H,57,61)(H,58,63)(H,59,65)/t45-,46-,47-/m0/s1. The van der Waals surface area contributed by atoms with Gasteiger partial charge in [-0.2, -0.15) is 0 Å². The van der Waals surface area contributed by atoms with Gasteiger partial charge in [-0.15, -0.1) is 0 Å². The number of amides is 5. The second-order valence-electron chi connectivity index (χ2n) is 18.2. The Morgan fingerprint density at radius 3 is 1.68 bits per heavy atom. The minimum absolute atomic E-state index is 0.0300. The summed E-state index contributed by atoms with van der Waals surface area (Å²) in [4.78, 5) is 80.4. The number of carbonyl (C=O) groups is 6. The third-order valence-corrected chi connectivity index (χ3v) is 11.1. The van der Waals surface area contributed by atoms with Crippen LogP contribution in [-0.2, 0) is 52.9 Å². The number of carbonyl (C=O) groups excluding carboxylic acids is 6. The first kappa shape index (κ1) is 49.9. The predicted octanol–water partition coefficient (Wildman–Crippen LogP) is 6.55. The smallest absolute Gasteiger partial charge is 0.407 e. The monoisotopic (exact) mass is 923 g/mol. The number of hydrogen-bond acceptors (Lipinski definition) is 9. The maximum Gasteiger partial charge on any atom is 0.407 e. The van der Waals surface area contributed by atoms with Crippen LogP contribution in [0.2, 0.25) is 0 Å². The van der Waals surface area contributed by atoms with Crippen LogP contribution >= 0.6 is 0 Å². The van der Waals surface area contributed by atoms with Crippen LogP contribution in [0.3, 0.4) is 0 Å². The first-order valence-electron chi connectivity index (χ1n) is 22.9. The first-order valence-corrected chi connectivity index (χ1v) is 22.9. The molecule has 0 saturated carbocycles. The molecule has 0 heterocycles. The van der Waals surface area contributed by atoms with Gasteiger partial charge < -0.3 is 40.8 Å². The van der Waals surface area contributed by atoms with Crippen molar-refractivity contribution < 1.29 is 43.0 Å². The highest BCUT2D eigenvalue weighted by atomic mass is 16.6. The summed E-state index contributed by atoms with van der Waals surface area (Å²) in [5.74, 6) is -2.76. The van der Waals surface area contributed by atoms with Crippen molar-refractivity contribution in [2.75, 3.05) is 19.7 Å². The molecular formula is C54H61N5O9. The van der Waals surface area contributed by atoms with Gasteiger partial charge in [-0.3, -0.25) is 19.2 Å². The molecule has 0 spiro atoms. The Bertz CT molecular complexity index is 2460. The van der Waals surface area contributed by atoms with Gasteiger partial charge in [-0.25, -0.2) is 9.59 Å². The minimum atomic E-state index is -1.16. The van der Waals surface area contributed by atoms with Gasteiger partial charge in [0.1, 0.15) is 42.7 Å². The van der Waals surface area contributed by atoms with Crippen molar-refractivity contribution in [3.8, 4) is 16.9 Å². The number of hydrogen-bond donors (Lipinski definition) is 5. The minimum Gasteiger partial charge on any atom is -0.489 e. The number of fused-ring (bicyclic) bond motifs is 3. The summed E-state index contributed by atoms with van der Waals surface area (Å²) in [7, 11) is 0. The molecule has 0 radical (unpaired) electrons. The molecule has 5 amide bonds. The van der Waals surface area contributed by atoms with E-state index >= 15 is 0 Å².